The van der Waals surface area contributed by atoms with Crippen molar-refractivity contribution < 1.29 is 23.0 Å². The lowest BCUT2D eigenvalue weighted by Gasteiger charge is -2.30. The van der Waals surface area contributed by atoms with Crippen molar-refractivity contribution in [1.29, 1.82) is 0 Å². The molecule has 0 aliphatic carbocycles. The van der Waals surface area contributed by atoms with E-state index in [-0.39, 0.29) is 47.0 Å². The molecule has 6 nitrogen and oxygen atoms in total. The fourth-order valence-corrected chi connectivity index (χ4v) is 2.54. The molecule has 0 aromatic heterocycles. The SMILES string of the molecule is CN=C(NCCc1ccc(OC)c(OC(F)F)c1)NCC(OC)C(C)(C)C.I. The summed E-state index contributed by atoms with van der Waals surface area (Å²) >= 11 is 0. The van der Waals surface area contributed by atoms with Gasteiger partial charge in [0.2, 0.25) is 0 Å². The summed E-state index contributed by atoms with van der Waals surface area (Å²) in [5, 5.41) is 6.44. The fourth-order valence-electron chi connectivity index (χ4n) is 2.54. The topological polar surface area (TPSA) is 64.1 Å². The van der Waals surface area contributed by atoms with E-state index in [1.807, 2.05) is 6.07 Å². The Balaban J connectivity index is 0.00000729. The predicted octanol–water partition coefficient (Wildman–Crippen LogP) is 3.68. The maximum absolute atomic E-state index is 12.5. The van der Waals surface area contributed by atoms with Gasteiger partial charge in [0.1, 0.15) is 0 Å². The minimum absolute atomic E-state index is 0. The van der Waals surface area contributed by atoms with Crippen molar-refractivity contribution in [3.8, 4) is 11.5 Å². The summed E-state index contributed by atoms with van der Waals surface area (Å²) in [5.74, 6) is 0.955. The van der Waals surface area contributed by atoms with Gasteiger partial charge in [-0.15, -0.1) is 24.0 Å². The summed E-state index contributed by atoms with van der Waals surface area (Å²) in [7, 11) is 4.79. The van der Waals surface area contributed by atoms with Crippen molar-refractivity contribution in [2.75, 3.05) is 34.4 Å². The minimum Gasteiger partial charge on any atom is -0.493 e. The van der Waals surface area contributed by atoms with Crippen molar-refractivity contribution in [2.24, 2.45) is 10.4 Å². The Hall–Kier alpha value is -1.36. The molecule has 1 unspecified atom stereocenters. The lowest BCUT2D eigenvalue weighted by Crippen LogP contribution is -2.45. The third-order valence-electron chi connectivity index (χ3n) is 4.08. The summed E-state index contributed by atoms with van der Waals surface area (Å²) in [6.45, 7) is 4.64. The number of benzene rings is 1. The van der Waals surface area contributed by atoms with Crippen molar-refractivity contribution in [3.63, 3.8) is 0 Å². The number of rotatable bonds is 9. The van der Waals surface area contributed by atoms with Crippen molar-refractivity contribution in [2.45, 2.75) is 39.9 Å². The molecule has 0 aliphatic heterocycles. The van der Waals surface area contributed by atoms with Crippen LogP contribution in [0.15, 0.2) is 23.2 Å². The maximum atomic E-state index is 12.5. The molecular formula is C19H32F2IN3O3. The smallest absolute Gasteiger partial charge is 0.387 e. The molecule has 0 bridgehead atoms. The first kappa shape index (κ1) is 26.6. The lowest BCUT2D eigenvalue weighted by molar-refractivity contribution is -0.0512. The van der Waals surface area contributed by atoms with Gasteiger partial charge in [-0.2, -0.15) is 8.78 Å². The number of aliphatic imine (C=N–C) groups is 1. The van der Waals surface area contributed by atoms with Crippen LogP contribution in [0.5, 0.6) is 11.5 Å². The second-order valence-electron chi connectivity index (χ2n) is 7.08. The molecule has 1 aromatic rings. The molecule has 0 saturated heterocycles. The van der Waals surface area contributed by atoms with Crippen LogP contribution < -0.4 is 20.1 Å². The molecule has 162 valence electrons. The molecule has 28 heavy (non-hydrogen) atoms. The van der Waals surface area contributed by atoms with Crippen molar-refractivity contribution >= 4 is 29.9 Å². The highest BCUT2D eigenvalue weighted by molar-refractivity contribution is 14.0. The Bertz CT molecular complexity index is 611. The third kappa shape index (κ3) is 9.22. The van der Waals surface area contributed by atoms with Crippen LogP contribution in [-0.4, -0.2) is 53.0 Å². The van der Waals surface area contributed by atoms with Crippen LogP contribution in [0.3, 0.4) is 0 Å². The Labute approximate surface area is 183 Å². The third-order valence-corrected chi connectivity index (χ3v) is 4.08. The first-order valence-corrected chi connectivity index (χ1v) is 8.80. The molecular weight excluding hydrogens is 483 g/mol. The molecule has 0 spiro atoms. The zero-order valence-electron chi connectivity index (χ0n) is 17.3. The standard InChI is InChI=1S/C19H31F2N3O3.HI/c1-19(2,3)16(26-6)12-24-18(22-4)23-10-9-13-7-8-14(25-5)15(11-13)27-17(20)21;/h7-8,11,16-17H,9-10,12H2,1-6H3,(H2,22,23,24);1H. The normalized spacial score (nSPS) is 13.0. The van der Waals surface area contributed by atoms with E-state index in [0.29, 0.717) is 25.5 Å². The second kappa shape index (κ2) is 13.0. The minimum atomic E-state index is -2.90. The molecule has 0 fully saturated rings. The van der Waals surface area contributed by atoms with E-state index in [1.165, 1.54) is 7.11 Å². The highest BCUT2D eigenvalue weighted by atomic mass is 127. The van der Waals surface area contributed by atoms with Crippen LogP contribution in [0.25, 0.3) is 0 Å². The van der Waals surface area contributed by atoms with Gasteiger partial charge in [0.25, 0.3) is 0 Å². The molecule has 1 atom stereocenters. The van der Waals surface area contributed by atoms with Gasteiger partial charge in [-0.05, 0) is 29.5 Å². The number of methoxy groups -OCH3 is 2. The summed E-state index contributed by atoms with van der Waals surface area (Å²) < 4.78 is 40.1. The van der Waals surface area contributed by atoms with Crippen molar-refractivity contribution in [3.05, 3.63) is 23.8 Å². The monoisotopic (exact) mass is 515 g/mol. The zero-order valence-corrected chi connectivity index (χ0v) is 19.7. The van der Waals surface area contributed by atoms with Crippen LogP contribution in [0.4, 0.5) is 8.78 Å². The van der Waals surface area contributed by atoms with Crippen molar-refractivity contribution in [1.82, 2.24) is 10.6 Å². The van der Waals surface area contributed by atoms with Crippen LogP contribution in [-0.2, 0) is 11.2 Å². The number of nitrogens with one attached hydrogen (secondary N) is 2. The van der Waals surface area contributed by atoms with E-state index in [4.69, 9.17) is 9.47 Å². The molecule has 0 amide bonds. The Morgan fingerprint density at radius 2 is 1.82 bits per heavy atom. The first-order valence-electron chi connectivity index (χ1n) is 8.80. The fraction of sp³-hybridized carbons (Fsp3) is 0.632. The quantitative estimate of drug-likeness (QED) is 0.299. The van der Waals surface area contributed by atoms with Gasteiger partial charge in [-0.3, -0.25) is 4.99 Å². The van der Waals surface area contributed by atoms with Gasteiger partial charge in [0.15, 0.2) is 17.5 Å². The zero-order chi connectivity index (χ0) is 20.4. The number of halogens is 3. The average molecular weight is 515 g/mol. The van der Waals surface area contributed by atoms with Gasteiger partial charge in [0, 0.05) is 27.2 Å². The number of alkyl halides is 2. The Morgan fingerprint density at radius 1 is 1.14 bits per heavy atom. The van der Waals surface area contributed by atoms with Crippen LogP contribution in [0, 0.1) is 5.41 Å². The Kier molecular flexibility index (Phi) is 12.3. The molecule has 0 radical (unpaired) electrons. The van der Waals surface area contributed by atoms with Gasteiger partial charge < -0.3 is 24.8 Å². The number of nitrogens with zero attached hydrogens (tertiary/aromatic N) is 1. The molecule has 0 saturated carbocycles. The average Bonchev–Trinajstić information content (AvgIpc) is 2.59. The van der Waals surface area contributed by atoms with Gasteiger partial charge in [0.05, 0.1) is 13.2 Å². The highest BCUT2D eigenvalue weighted by Crippen LogP contribution is 2.29. The van der Waals surface area contributed by atoms with E-state index < -0.39 is 6.61 Å². The second-order valence-corrected chi connectivity index (χ2v) is 7.08. The number of hydrogen-bond donors (Lipinski definition) is 2. The van der Waals surface area contributed by atoms with E-state index in [2.05, 4.69) is 41.1 Å². The molecule has 1 aromatic carbocycles. The van der Waals surface area contributed by atoms with Crippen LogP contribution in [0.2, 0.25) is 0 Å². The lowest BCUT2D eigenvalue weighted by atomic mass is 9.89. The van der Waals surface area contributed by atoms with E-state index in [0.717, 1.165) is 5.56 Å². The summed E-state index contributed by atoms with van der Waals surface area (Å²) in [5.41, 5.74) is 0.851. The summed E-state index contributed by atoms with van der Waals surface area (Å²) in [6.07, 6.45) is 0.642. The highest BCUT2D eigenvalue weighted by Gasteiger charge is 2.24. The molecule has 9 heteroatoms. The Morgan fingerprint density at radius 3 is 2.32 bits per heavy atom. The first-order chi connectivity index (χ1) is 12.7. The van der Waals surface area contributed by atoms with E-state index >= 15 is 0 Å². The number of guanidine groups is 1. The van der Waals surface area contributed by atoms with Crippen LogP contribution in [0.1, 0.15) is 26.3 Å². The molecule has 1 rings (SSSR count). The maximum Gasteiger partial charge on any atom is 0.387 e. The molecule has 0 heterocycles. The van der Waals surface area contributed by atoms with Gasteiger partial charge >= 0.3 is 6.61 Å². The number of hydrogen-bond acceptors (Lipinski definition) is 4. The molecule has 0 aliphatic rings. The largest absolute Gasteiger partial charge is 0.493 e. The van der Waals surface area contributed by atoms with E-state index in [9.17, 15) is 8.78 Å². The van der Waals surface area contributed by atoms with Crippen LogP contribution >= 0.6 is 24.0 Å². The van der Waals surface area contributed by atoms with E-state index in [1.54, 1.807) is 26.3 Å². The molecule has 2 N–H and O–H groups in total. The van der Waals surface area contributed by atoms with Gasteiger partial charge in [-0.1, -0.05) is 26.8 Å². The number of ether oxygens (including phenoxy) is 3. The summed E-state index contributed by atoms with van der Waals surface area (Å²) in [6, 6.07) is 4.99. The summed E-state index contributed by atoms with van der Waals surface area (Å²) in [4.78, 5) is 4.19. The predicted molar refractivity (Wildman–Crippen MR) is 118 cm³/mol. The van der Waals surface area contributed by atoms with Gasteiger partial charge in [-0.25, -0.2) is 0 Å².